The quantitative estimate of drug-likeness (QED) is 0.660. The molecule has 0 N–H and O–H groups in total. The van der Waals surface area contributed by atoms with E-state index < -0.39 is 0 Å². The van der Waals surface area contributed by atoms with Gasteiger partial charge in [-0.2, -0.15) is 0 Å². The van der Waals surface area contributed by atoms with E-state index in [4.69, 9.17) is 0 Å². The molecule has 0 nitrogen and oxygen atoms in total. The van der Waals surface area contributed by atoms with Gasteiger partial charge >= 0.3 is 0 Å². The Bertz CT molecular complexity index is 750. The highest BCUT2D eigenvalue weighted by molar-refractivity contribution is 5.98. The van der Waals surface area contributed by atoms with Crippen LogP contribution in [0.4, 0.5) is 0 Å². The van der Waals surface area contributed by atoms with E-state index in [-0.39, 0.29) is 5.41 Å². The first-order valence-electron chi connectivity index (χ1n) is 7.81. The second-order valence-electron chi connectivity index (χ2n) is 6.43. The molecule has 0 spiro atoms. The van der Waals surface area contributed by atoms with Crippen molar-refractivity contribution in [1.29, 1.82) is 0 Å². The van der Waals surface area contributed by atoms with Gasteiger partial charge in [-0.25, -0.2) is 0 Å². The van der Waals surface area contributed by atoms with Crippen LogP contribution < -0.4 is 0 Å². The molecule has 3 aliphatic carbocycles. The van der Waals surface area contributed by atoms with Crippen molar-refractivity contribution in [2.24, 2.45) is 11.3 Å². The van der Waals surface area contributed by atoms with E-state index in [1.165, 1.54) is 27.8 Å². The standard InChI is InChI=1S/C21H20/c1-15(2)21(17-9-4-5-10-17)13-7-12-19-18-11-6-3-8-16(18)14-20(19)21/h3-9,11-15H,10H2,1-2H3. The van der Waals surface area contributed by atoms with Gasteiger partial charge < -0.3 is 0 Å². The lowest BCUT2D eigenvalue weighted by atomic mass is 9.62. The Kier molecular flexibility index (Phi) is 2.68. The van der Waals surface area contributed by atoms with Crippen LogP contribution in [-0.4, -0.2) is 0 Å². The topological polar surface area (TPSA) is 0 Å². The third kappa shape index (κ3) is 1.62. The SMILES string of the molecule is CC(C)C1(C2=CC=CC2)C=CC=C2C1=Cc1ccccc12. The third-order valence-corrected chi connectivity index (χ3v) is 5.12. The van der Waals surface area contributed by atoms with Crippen LogP contribution in [0, 0.1) is 11.3 Å². The van der Waals surface area contributed by atoms with Crippen molar-refractivity contribution >= 4 is 11.6 Å². The van der Waals surface area contributed by atoms with Crippen molar-refractivity contribution in [2.75, 3.05) is 0 Å². The van der Waals surface area contributed by atoms with Gasteiger partial charge in [-0.1, -0.05) is 80.1 Å². The van der Waals surface area contributed by atoms with Gasteiger partial charge in [-0.3, -0.25) is 0 Å². The molecule has 0 fully saturated rings. The van der Waals surface area contributed by atoms with Gasteiger partial charge in [-0.05, 0) is 40.7 Å². The van der Waals surface area contributed by atoms with Crippen molar-refractivity contribution in [3.05, 3.63) is 83.0 Å². The van der Waals surface area contributed by atoms with Crippen LogP contribution in [0.5, 0.6) is 0 Å². The maximum Gasteiger partial charge on any atom is 0.0379 e. The van der Waals surface area contributed by atoms with Crippen LogP contribution in [0.25, 0.3) is 11.6 Å². The van der Waals surface area contributed by atoms with Crippen molar-refractivity contribution in [1.82, 2.24) is 0 Å². The summed E-state index contributed by atoms with van der Waals surface area (Å²) in [5.41, 5.74) is 7.21. The van der Waals surface area contributed by atoms with E-state index in [2.05, 4.69) is 80.6 Å². The van der Waals surface area contributed by atoms with Gasteiger partial charge in [0, 0.05) is 5.41 Å². The molecule has 0 aromatic heterocycles. The first-order chi connectivity index (χ1) is 10.2. The number of hydrogen-bond acceptors (Lipinski definition) is 0. The second kappa shape index (κ2) is 4.46. The summed E-state index contributed by atoms with van der Waals surface area (Å²) in [6, 6.07) is 8.75. The zero-order chi connectivity index (χ0) is 14.4. The summed E-state index contributed by atoms with van der Waals surface area (Å²) >= 11 is 0. The molecule has 4 rings (SSSR count). The molecule has 0 heterocycles. The van der Waals surface area contributed by atoms with Crippen LogP contribution in [-0.2, 0) is 0 Å². The average Bonchev–Trinajstić information content (AvgIpc) is 3.14. The maximum absolute atomic E-state index is 2.41. The number of allylic oxidation sites excluding steroid dienone is 9. The molecule has 104 valence electrons. The van der Waals surface area contributed by atoms with Crippen LogP contribution >= 0.6 is 0 Å². The van der Waals surface area contributed by atoms with Crippen LogP contribution in [0.1, 0.15) is 31.4 Å². The summed E-state index contributed by atoms with van der Waals surface area (Å²) in [5.74, 6) is 0.546. The number of benzene rings is 1. The van der Waals surface area contributed by atoms with E-state index in [9.17, 15) is 0 Å². The van der Waals surface area contributed by atoms with Crippen molar-refractivity contribution in [3.8, 4) is 0 Å². The smallest absolute Gasteiger partial charge is 0.0379 e. The Hall–Kier alpha value is -2.08. The fourth-order valence-electron chi connectivity index (χ4n) is 4.06. The van der Waals surface area contributed by atoms with Gasteiger partial charge in [0.1, 0.15) is 0 Å². The molecular formula is C21H20. The van der Waals surface area contributed by atoms with Gasteiger partial charge in [0.25, 0.3) is 0 Å². The van der Waals surface area contributed by atoms with E-state index in [1.807, 2.05) is 0 Å². The Morgan fingerprint density at radius 1 is 1.05 bits per heavy atom. The van der Waals surface area contributed by atoms with E-state index in [0.29, 0.717) is 5.92 Å². The van der Waals surface area contributed by atoms with E-state index >= 15 is 0 Å². The summed E-state index contributed by atoms with van der Waals surface area (Å²) in [5, 5.41) is 0. The largest absolute Gasteiger partial charge is 0.0804 e. The Morgan fingerprint density at radius 2 is 1.90 bits per heavy atom. The molecule has 0 bridgehead atoms. The van der Waals surface area contributed by atoms with E-state index in [1.54, 1.807) is 0 Å². The zero-order valence-corrected chi connectivity index (χ0v) is 12.6. The molecule has 0 aliphatic heterocycles. The first kappa shape index (κ1) is 12.6. The molecule has 0 heteroatoms. The fraction of sp³-hybridized carbons (Fsp3) is 0.238. The highest BCUT2D eigenvalue weighted by Crippen LogP contribution is 2.56. The monoisotopic (exact) mass is 272 g/mol. The first-order valence-corrected chi connectivity index (χ1v) is 7.81. The van der Waals surface area contributed by atoms with Gasteiger partial charge in [0.2, 0.25) is 0 Å². The fourth-order valence-corrected chi connectivity index (χ4v) is 4.06. The zero-order valence-electron chi connectivity index (χ0n) is 12.6. The van der Waals surface area contributed by atoms with E-state index in [0.717, 1.165) is 6.42 Å². The van der Waals surface area contributed by atoms with Crippen LogP contribution in [0.2, 0.25) is 0 Å². The number of hydrogen-bond donors (Lipinski definition) is 0. The summed E-state index contributed by atoms with van der Waals surface area (Å²) < 4.78 is 0. The molecular weight excluding hydrogens is 252 g/mol. The lowest BCUT2D eigenvalue weighted by Crippen LogP contribution is -2.30. The highest BCUT2D eigenvalue weighted by atomic mass is 14.5. The average molecular weight is 272 g/mol. The summed E-state index contributed by atoms with van der Waals surface area (Å²) in [6.07, 6.45) is 17.2. The second-order valence-corrected chi connectivity index (χ2v) is 6.43. The molecule has 3 aliphatic rings. The lowest BCUT2D eigenvalue weighted by molar-refractivity contribution is 0.391. The van der Waals surface area contributed by atoms with Crippen LogP contribution in [0.3, 0.4) is 0 Å². The Balaban J connectivity index is 1.93. The molecule has 0 radical (unpaired) electrons. The predicted octanol–water partition coefficient (Wildman–Crippen LogP) is 5.57. The number of rotatable bonds is 2. The molecule has 1 aromatic carbocycles. The van der Waals surface area contributed by atoms with Crippen molar-refractivity contribution in [2.45, 2.75) is 20.3 Å². The maximum atomic E-state index is 2.41. The van der Waals surface area contributed by atoms with Gasteiger partial charge in [0.05, 0.1) is 0 Å². The molecule has 0 saturated carbocycles. The van der Waals surface area contributed by atoms with Crippen LogP contribution in [0.15, 0.2) is 71.9 Å². The molecule has 1 aromatic rings. The Morgan fingerprint density at radius 3 is 2.67 bits per heavy atom. The van der Waals surface area contributed by atoms with Crippen molar-refractivity contribution in [3.63, 3.8) is 0 Å². The minimum Gasteiger partial charge on any atom is -0.0804 e. The minimum atomic E-state index is 0.0482. The summed E-state index contributed by atoms with van der Waals surface area (Å²) in [6.45, 7) is 4.69. The molecule has 1 unspecified atom stereocenters. The third-order valence-electron chi connectivity index (χ3n) is 5.12. The van der Waals surface area contributed by atoms with Gasteiger partial charge in [0.15, 0.2) is 0 Å². The summed E-state index contributed by atoms with van der Waals surface area (Å²) in [4.78, 5) is 0. The molecule has 1 atom stereocenters. The number of fused-ring (bicyclic) bond motifs is 3. The lowest BCUT2D eigenvalue weighted by Gasteiger charge is -2.40. The minimum absolute atomic E-state index is 0.0482. The summed E-state index contributed by atoms with van der Waals surface area (Å²) in [7, 11) is 0. The Labute approximate surface area is 126 Å². The highest BCUT2D eigenvalue weighted by Gasteiger charge is 2.43. The molecule has 0 saturated heterocycles. The molecule has 21 heavy (non-hydrogen) atoms. The normalized spacial score (nSPS) is 25.6. The van der Waals surface area contributed by atoms with Gasteiger partial charge in [-0.15, -0.1) is 0 Å². The molecule has 0 amide bonds. The van der Waals surface area contributed by atoms with Crippen molar-refractivity contribution < 1.29 is 0 Å². The predicted molar refractivity (Wildman–Crippen MR) is 90.6 cm³/mol.